The summed E-state index contributed by atoms with van der Waals surface area (Å²) in [6.45, 7) is 3.72. The van der Waals surface area contributed by atoms with Gasteiger partial charge in [0.1, 0.15) is 0 Å². The summed E-state index contributed by atoms with van der Waals surface area (Å²) in [4.78, 5) is 41.5. The Bertz CT molecular complexity index is 871. The fraction of sp³-hybridized carbons (Fsp3) is 0.381. The predicted octanol–water partition coefficient (Wildman–Crippen LogP) is 2.79. The maximum absolute atomic E-state index is 12.7. The zero-order valence-electron chi connectivity index (χ0n) is 15.8. The third kappa shape index (κ3) is 3.94. The van der Waals surface area contributed by atoms with Crippen molar-refractivity contribution in [1.82, 2.24) is 9.80 Å². The van der Waals surface area contributed by atoms with Crippen molar-refractivity contribution < 1.29 is 14.4 Å². The Morgan fingerprint density at radius 3 is 2.29 bits per heavy atom. The van der Waals surface area contributed by atoms with E-state index in [2.05, 4.69) is 16.8 Å². The Morgan fingerprint density at radius 2 is 1.68 bits per heavy atom. The van der Waals surface area contributed by atoms with Crippen LogP contribution in [0.15, 0.2) is 41.8 Å². The standard InChI is InChI=1S/C21H23N3O3S/c1-14(25)22-16-6-4-15(5-7-16)20(26)23-8-10-24(11-9-23)21(27)18-13-17(18)19-3-2-12-28-19/h2-7,12,17-18H,8-11,13H2,1H3,(H,22,25). The molecule has 1 N–H and O–H groups in total. The molecule has 4 rings (SSSR count). The van der Waals surface area contributed by atoms with Crippen LogP contribution in [-0.4, -0.2) is 53.7 Å². The number of piperazine rings is 1. The number of hydrogen-bond acceptors (Lipinski definition) is 4. The van der Waals surface area contributed by atoms with Crippen molar-refractivity contribution >= 4 is 34.7 Å². The van der Waals surface area contributed by atoms with Crippen molar-refractivity contribution in [3.05, 3.63) is 52.2 Å². The lowest BCUT2D eigenvalue weighted by Crippen LogP contribution is -2.51. The number of nitrogens with zero attached hydrogens (tertiary/aromatic N) is 2. The third-order valence-electron chi connectivity index (χ3n) is 5.35. The second-order valence-electron chi connectivity index (χ2n) is 7.34. The van der Waals surface area contributed by atoms with Crippen molar-refractivity contribution in [1.29, 1.82) is 0 Å². The molecule has 6 nitrogen and oxygen atoms in total. The van der Waals surface area contributed by atoms with Crippen LogP contribution in [0.25, 0.3) is 0 Å². The van der Waals surface area contributed by atoms with E-state index in [9.17, 15) is 14.4 Å². The molecule has 146 valence electrons. The molecule has 7 heteroatoms. The van der Waals surface area contributed by atoms with Gasteiger partial charge in [0.05, 0.1) is 0 Å². The maximum Gasteiger partial charge on any atom is 0.253 e. The topological polar surface area (TPSA) is 69.7 Å². The summed E-state index contributed by atoms with van der Waals surface area (Å²) in [7, 11) is 0. The molecule has 1 aromatic carbocycles. The average Bonchev–Trinajstić information content (AvgIpc) is 3.31. The Hall–Kier alpha value is -2.67. The summed E-state index contributed by atoms with van der Waals surface area (Å²) in [5.41, 5.74) is 1.26. The highest BCUT2D eigenvalue weighted by Gasteiger charge is 2.46. The Kier molecular flexibility index (Phi) is 5.17. The molecule has 2 atom stereocenters. The lowest BCUT2D eigenvalue weighted by Gasteiger charge is -2.35. The Labute approximate surface area is 168 Å². The van der Waals surface area contributed by atoms with Gasteiger partial charge in [0.2, 0.25) is 11.8 Å². The average molecular weight is 398 g/mol. The smallest absolute Gasteiger partial charge is 0.253 e. The fourth-order valence-electron chi connectivity index (χ4n) is 3.73. The minimum absolute atomic E-state index is 0.0376. The van der Waals surface area contributed by atoms with E-state index in [0.29, 0.717) is 43.3 Å². The van der Waals surface area contributed by atoms with E-state index in [-0.39, 0.29) is 23.6 Å². The number of carbonyl (C=O) groups excluding carboxylic acids is 3. The van der Waals surface area contributed by atoms with E-state index < -0.39 is 0 Å². The number of carbonyl (C=O) groups is 3. The fourth-order valence-corrected chi connectivity index (χ4v) is 4.64. The molecule has 1 saturated carbocycles. The first-order chi connectivity index (χ1) is 13.5. The van der Waals surface area contributed by atoms with Crippen LogP contribution in [-0.2, 0) is 9.59 Å². The van der Waals surface area contributed by atoms with Crippen LogP contribution in [0.3, 0.4) is 0 Å². The molecule has 2 fully saturated rings. The molecule has 2 unspecified atom stereocenters. The molecule has 2 heterocycles. The second-order valence-corrected chi connectivity index (χ2v) is 8.32. The number of anilines is 1. The van der Waals surface area contributed by atoms with Crippen molar-refractivity contribution in [3.8, 4) is 0 Å². The molecule has 28 heavy (non-hydrogen) atoms. The molecule has 1 aromatic heterocycles. The van der Waals surface area contributed by atoms with Gasteiger partial charge in [0.15, 0.2) is 0 Å². The minimum atomic E-state index is -0.142. The SMILES string of the molecule is CC(=O)Nc1ccc(C(=O)N2CCN(C(=O)C3CC3c3cccs3)CC2)cc1. The van der Waals surface area contributed by atoms with Crippen molar-refractivity contribution in [2.75, 3.05) is 31.5 Å². The first kappa shape index (κ1) is 18.7. The number of benzene rings is 1. The van der Waals surface area contributed by atoms with Gasteiger partial charge in [-0.2, -0.15) is 0 Å². The monoisotopic (exact) mass is 397 g/mol. The second kappa shape index (κ2) is 7.75. The third-order valence-corrected chi connectivity index (χ3v) is 6.35. The molecule has 1 aliphatic heterocycles. The molecule has 2 aromatic rings. The van der Waals surface area contributed by atoms with Crippen LogP contribution in [0.1, 0.15) is 34.5 Å². The number of hydrogen-bond donors (Lipinski definition) is 1. The predicted molar refractivity (Wildman–Crippen MR) is 108 cm³/mol. The largest absolute Gasteiger partial charge is 0.339 e. The normalized spacial score (nSPS) is 21.3. The molecule has 1 saturated heterocycles. The van der Waals surface area contributed by atoms with Gasteiger partial charge in [-0.1, -0.05) is 6.07 Å². The highest BCUT2D eigenvalue weighted by molar-refractivity contribution is 7.10. The number of rotatable bonds is 4. The van der Waals surface area contributed by atoms with Crippen LogP contribution in [0.4, 0.5) is 5.69 Å². The molecular formula is C21H23N3O3S. The van der Waals surface area contributed by atoms with E-state index in [1.165, 1.54) is 11.8 Å². The van der Waals surface area contributed by atoms with Gasteiger partial charge in [0, 0.05) is 61.1 Å². The van der Waals surface area contributed by atoms with E-state index in [0.717, 1.165) is 6.42 Å². The first-order valence-corrected chi connectivity index (χ1v) is 10.4. The van der Waals surface area contributed by atoms with E-state index in [1.54, 1.807) is 40.5 Å². The van der Waals surface area contributed by atoms with Gasteiger partial charge < -0.3 is 15.1 Å². The molecule has 0 radical (unpaired) electrons. The van der Waals surface area contributed by atoms with Crippen LogP contribution in [0.2, 0.25) is 0 Å². The molecule has 3 amide bonds. The van der Waals surface area contributed by atoms with Gasteiger partial charge in [-0.05, 0) is 42.1 Å². The van der Waals surface area contributed by atoms with Crippen LogP contribution >= 0.6 is 11.3 Å². The van der Waals surface area contributed by atoms with Crippen LogP contribution in [0, 0.1) is 5.92 Å². The Morgan fingerprint density at radius 1 is 1.00 bits per heavy atom. The Balaban J connectivity index is 1.29. The molecule has 0 spiro atoms. The van der Waals surface area contributed by atoms with Gasteiger partial charge in [-0.25, -0.2) is 0 Å². The lowest BCUT2D eigenvalue weighted by atomic mass is 10.1. The van der Waals surface area contributed by atoms with Gasteiger partial charge >= 0.3 is 0 Å². The summed E-state index contributed by atoms with van der Waals surface area (Å²) < 4.78 is 0. The molecular weight excluding hydrogens is 374 g/mol. The highest BCUT2D eigenvalue weighted by Crippen LogP contribution is 2.50. The zero-order valence-corrected chi connectivity index (χ0v) is 16.6. The number of thiophene rings is 1. The van der Waals surface area contributed by atoms with E-state index in [1.807, 2.05) is 11.0 Å². The maximum atomic E-state index is 12.7. The summed E-state index contributed by atoms with van der Waals surface area (Å²) in [5.74, 6) is 0.544. The minimum Gasteiger partial charge on any atom is -0.339 e. The lowest BCUT2D eigenvalue weighted by molar-refractivity contribution is -0.134. The van der Waals surface area contributed by atoms with Crippen molar-refractivity contribution in [2.24, 2.45) is 5.92 Å². The highest BCUT2D eigenvalue weighted by atomic mass is 32.1. The van der Waals surface area contributed by atoms with Crippen LogP contribution in [0.5, 0.6) is 0 Å². The molecule has 0 bridgehead atoms. The van der Waals surface area contributed by atoms with Crippen molar-refractivity contribution in [3.63, 3.8) is 0 Å². The summed E-state index contributed by atoms with van der Waals surface area (Å²) >= 11 is 1.72. The number of nitrogens with one attached hydrogen (secondary N) is 1. The van der Waals surface area contributed by atoms with Crippen LogP contribution < -0.4 is 5.32 Å². The first-order valence-electron chi connectivity index (χ1n) is 9.52. The van der Waals surface area contributed by atoms with Gasteiger partial charge in [-0.15, -0.1) is 11.3 Å². The number of amides is 3. The summed E-state index contributed by atoms with van der Waals surface area (Å²) in [5, 5.41) is 4.75. The molecule has 1 aliphatic carbocycles. The van der Waals surface area contributed by atoms with Gasteiger partial charge in [0.25, 0.3) is 5.91 Å². The van der Waals surface area contributed by atoms with Crippen molar-refractivity contribution in [2.45, 2.75) is 19.3 Å². The van der Waals surface area contributed by atoms with E-state index >= 15 is 0 Å². The van der Waals surface area contributed by atoms with E-state index in [4.69, 9.17) is 0 Å². The summed E-state index contributed by atoms with van der Waals surface area (Å²) in [6.07, 6.45) is 0.944. The zero-order chi connectivity index (χ0) is 19.7. The quantitative estimate of drug-likeness (QED) is 0.863. The summed E-state index contributed by atoms with van der Waals surface area (Å²) in [6, 6.07) is 11.0. The molecule has 2 aliphatic rings. The van der Waals surface area contributed by atoms with Gasteiger partial charge in [-0.3, -0.25) is 14.4 Å².